The third-order valence-electron chi connectivity index (χ3n) is 7.26. The average molecular weight is 658 g/mol. The molecule has 0 bridgehead atoms. The summed E-state index contributed by atoms with van der Waals surface area (Å²) in [6.45, 7) is 1.71. The van der Waals surface area contributed by atoms with Crippen molar-refractivity contribution in [3.8, 4) is 17.0 Å². The smallest absolute Gasteiger partial charge is 0.394 e. The number of nitrogens with one attached hydrogen (secondary N) is 2. The number of halogens is 6. The highest BCUT2D eigenvalue weighted by molar-refractivity contribution is 7.90. The Morgan fingerprint density at radius 3 is 2.35 bits per heavy atom. The zero-order valence-corrected chi connectivity index (χ0v) is 25.5. The standard InChI is InChI=1S/C26H33ClF5N5O5S/c1-5-37-22(18-13-33-16(10-19(18)42-24(28)29)11-25(3,4)26(30,31)32)20(27)21(35-37)23(39)34-12-15-6-8-17(9-7-15)43(40,41)36-14(2)38/h10,13,15,17,24H,5-9,11-12H2,1-4H3,(H,34,39)(H,36,38)/t15-,17-. The number of nitrogens with zero attached hydrogens (tertiary/aromatic N) is 3. The highest BCUT2D eigenvalue weighted by atomic mass is 35.5. The van der Waals surface area contributed by atoms with Crippen molar-refractivity contribution in [2.24, 2.45) is 11.3 Å². The molecular weight excluding hydrogens is 625 g/mol. The van der Waals surface area contributed by atoms with Crippen LogP contribution in [0.3, 0.4) is 0 Å². The number of sulfonamides is 1. The van der Waals surface area contributed by atoms with Gasteiger partial charge in [-0.05, 0) is 38.5 Å². The number of aromatic nitrogens is 3. The Labute approximate surface area is 250 Å². The van der Waals surface area contributed by atoms with Gasteiger partial charge in [0.15, 0.2) is 5.69 Å². The zero-order valence-electron chi connectivity index (χ0n) is 23.9. The van der Waals surface area contributed by atoms with Crippen LogP contribution in [0.25, 0.3) is 11.3 Å². The van der Waals surface area contributed by atoms with E-state index in [2.05, 4.69) is 20.1 Å². The Hall–Kier alpha value is -3.01. The molecule has 2 amide bonds. The molecule has 17 heteroatoms. The lowest BCUT2D eigenvalue weighted by molar-refractivity contribution is -0.211. The van der Waals surface area contributed by atoms with E-state index in [-0.39, 0.29) is 46.7 Å². The molecule has 2 aromatic heterocycles. The van der Waals surface area contributed by atoms with Gasteiger partial charge in [-0.1, -0.05) is 25.4 Å². The lowest BCUT2D eigenvalue weighted by atomic mass is 9.86. The molecule has 2 N–H and O–H groups in total. The molecule has 0 spiro atoms. The summed E-state index contributed by atoms with van der Waals surface area (Å²) in [6, 6.07) is 0.987. The SMILES string of the molecule is CCn1nc(C(=O)NC[C@H]2CC[C@H](S(=O)(=O)NC(C)=O)CC2)c(Cl)c1-c1cnc(CC(C)(C)C(F)(F)F)cc1OC(F)F. The Morgan fingerprint density at radius 2 is 1.81 bits per heavy atom. The van der Waals surface area contributed by atoms with Crippen LogP contribution in [0.2, 0.25) is 5.02 Å². The highest BCUT2D eigenvalue weighted by Gasteiger charge is 2.47. The van der Waals surface area contributed by atoms with Crippen LogP contribution < -0.4 is 14.8 Å². The second kappa shape index (κ2) is 13.3. The first kappa shape index (κ1) is 34.5. The summed E-state index contributed by atoms with van der Waals surface area (Å²) in [7, 11) is -3.78. The maximum atomic E-state index is 13.4. The predicted octanol–water partition coefficient (Wildman–Crippen LogP) is 5.11. The van der Waals surface area contributed by atoms with Crippen molar-refractivity contribution in [2.45, 2.75) is 84.4 Å². The Balaban J connectivity index is 1.80. The first-order valence-electron chi connectivity index (χ1n) is 13.4. The van der Waals surface area contributed by atoms with Gasteiger partial charge in [0, 0.05) is 44.4 Å². The number of pyridine rings is 1. The summed E-state index contributed by atoms with van der Waals surface area (Å²) >= 11 is 6.52. The number of hydrogen-bond donors (Lipinski definition) is 2. The monoisotopic (exact) mass is 657 g/mol. The van der Waals surface area contributed by atoms with Gasteiger partial charge >= 0.3 is 12.8 Å². The van der Waals surface area contributed by atoms with Gasteiger partial charge in [0.2, 0.25) is 15.9 Å². The summed E-state index contributed by atoms with van der Waals surface area (Å²) in [6.07, 6.45) is -2.57. The van der Waals surface area contributed by atoms with Crippen molar-refractivity contribution in [1.29, 1.82) is 0 Å². The van der Waals surface area contributed by atoms with E-state index in [1.165, 1.54) is 4.68 Å². The minimum Gasteiger partial charge on any atom is -0.434 e. The molecule has 1 fully saturated rings. The molecule has 3 rings (SSSR count). The number of alkyl halides is 5. The van der Waals surface area contributed by atoms with E-state index in [9.17, 15) is 40.0 Å². The van der Waals surface area contributed by atoms with Crippen LogP contribution in [-0.4, -0.2) is 59.6 Å². The molecule has 240 valence electrons. The van der Waals surface area contributed by atoms with Crippen LogP contribution in [0.5, 0.6) is 5.75 Å². The van der Waals surface area contributed by atoms with Crippen LogP contribution in [0.1, 0.15) is 69.6 Å². The van der Waals surface area contributed by atoms with Gasteiger partial charge in [-0.25, -0.2) is 8.42 Å². The highest BCUT2D eigenvalue weighted by Crippen LogP contribution is 2.42. The van der Waals surface area contributed by atoms with Gasteiger partial charge in [0.1, 0.15) is 5.75 Å². The third-order valence-corrected chi connectivity index (χ3v) is 9.54. The fourth-order valence-corrected chi connectivity index (χ4v) is 6.60. The van der Waals surface area contributed by atoms with E-state index in [0.29, 0.717) is 25.7 Å². The van der Waals surface area contributed by atoms with Crippen molar-refractivity contribution in [3.05, 3.63) is 28.7 Å². The minimum absolute atomic E-state index is 0.0165. The summed E-state index contributed by atoms with van der Waals surface area (Å²) in [5.41, 5.74) is -2.63. The number of carbonyl (C=O) groups excluding carboxylic acids is 2. The fraction of sp³-hybridized carbons (Fsp3) is 0.615. The molecule has 0 aliphatic heterocycles. The van der Waals surface area contributed by atoms with Gasteiger partial charge in [0.05, 0.1) is 26.9 Å². The number of carbonyl (C=O) groups is 2. The van der Waals surface area contributed by atoms with Crippen molar-refractivity contribution in [3.63, 3.8) is 0 Å². The van der Waals surface area contributed by atoms with Gasteiger partial charge in [-0.15, -0.1) is 0 Å². The average Bonchev–Trinajstić information content (AvgIpc) is 3.21. The van der Waals surface area contributed by atoms with Crippen LogP contribution in [-0.2, 0) is 27.8 Å². The summed E-state index contributed by atoms with van der Waals surface area (Å²) < 4.78 is 99.2. The fourth-order valence-electron chi connectivity index (χ4n) is 4.82. The number of hydrogen-bond acceptors (Lipinski definition) is 7. The summed E-state index contributed by atoms with van der Waals surface area (Å²) in [4.78, 5) is 28.3. The second-order valence-corrected chi connectivity index (χ2v) is 13.3. The van der Waals surface area contributed by atoms with Crippen LogP contribution in [0.4, 0.5) is 22.0 Å². The summed E-state index contributed by atoms with van der Waals surface area (Å²) in [5, 5.41) is 6.01. The normalized spacial score (nSPS) is 18.0. The second-order valence-electron chi connectivity index (χ2n) is 11.0. The number of rotatable bonds is 11. The van der Waals surface area contributed by atoms with E-state index >= 15 is 0 Å². The van der Waals surface area contributed by atoms with Crippen molar-refractivity contribution >= 4 is 33.4 Å². The topological polar surface area (TPSA) is 132 Å². The molecule has 1 saturated carbocycles. The van der Waals surface area contributed by atoms with Crippen molar-refractivity contribution < 1.29 is 44.7 Å². The van der Waals surface area contributed by atoms with E-state index < -0.39 is 57.5 Å². The number of aryl methyl sites for hydroxylation is 1. The Kier molecular flexibility index (Phi) is 10.7. The Morgan fingerprint density at radius 1 is 1.19 bits per heavy atom. The number of ether oxygens (including phenoxy) is 1. The maximum Gasteiger partial charge on any atom is 0.394 e. The molecule has 0 radical (unpaired) electrons. The number of amides is 2. The van der Waals surface area contributed by atoms with E-state index in [1.54, 1.807) is 6.92 Å². The maximum absolute atomic E-state index is 13.4. The first-order valence-corrected chi connectivity index (χ1v) is 15.4. The molecule has 1 aliphatic rings. The van der Waals surface area contributed by atoms with Crippen molar-refractivity contribution in [1.82, 2.24) is 24.8 Å². The van der Waals surface area contributed by atoms with Crippen molar-refractivity contribution in [2.75, 3.05) is 6.54 Å². The molecule has 10 nitrogen and oxygen atoms in total. The molecule has 0 atom stereocenters. The van der Waals surface area contributed by atoms with Gasteiger partial charge in [-0.2, -0.15) is 27.1 Å². The molecule has 1 aliphatic carbocycles. The molecule has 0 saturated heterocycles. The van der Waals surface area contributed by atoms with E-state index in [0.717, 1.165) is 33.0 Å². The predicted molar refractivity (Wildman–Crippen MR) is 147 cm³/mol. The van der Waals surface area contributed by atoms with Gasteiger partial charge in [0.25, 0.3) is 5.91 Å². The van der Waals surface area contributed by atoms with Crippen LogP contribution in [0.15, 0.2) is 12.3 Å². The summed E-state index contributed by atoms with van der Waals surface area (Å²) in [5.74, 6) is -1.86. The largest absolute Gasteiger partial charge is 0.434 e. The first-order chi connectivity index (χ1) is 19.9. The lowest BCUT2D eigenvalue weighted by Gasteiger charge is -2.28. The molecule has 2 aromatic rings. The molecular formula is C26H33ClF5N5O5S. The molecule has 2 heterocycles. The van der Waals surface area contributed by atoms with Gasteiger partial charge in [-0.3, -0.25) is 24.0 Å². The minimum atomic E-state index is -4.58. The Bertz CT molecular complexity index is 1440. The van der Waals surface area contributed by atoms with E-state index in [1.807, 2.05) is 4.72 Å². The lowest BCUT2D eigenvalue weighted by Crippen LogP contribution is -2.40. The van der Waals surface area contributed by atoms with Gasteiger partial charge < -0.3 is 10.1 Å². The quantitative estimate of drug-likeness (QED) is 0.321. The molecule has 43 heavy (non-hydrogen) atoms. The van der Waals surface area contributed by atoms with Crippen LogP contribution in [0, 0.1) is 11.3 Å². The third kappa shape index (κ3) is 8.34. The van der Waals surface area contributed by atoms with E-state index in [4.69, 9.17) is 11.6 Å². The van der Waals surface area contributed by atoms with Crippen LogP contribution >= 0.6 is 11.6 Å². The molecule has 0 aromatic carbocycles. The zero-order chi connectivity index (χ0) is 32.3. The molecule has 0 unspecified atom stereocenters.